The van der Waals surface area contributed by atoms with Crippen LogP contribution in [-0.4, -0.2) is 53.4 Å². The van der Waals surface area contributed by atoms with E-state index in [9.17, 15) is 14.4 Å². The molecule has 1 aromatic heterocycles. The lowest BCUT2D eigenvalue weighted by Crippen LogP contribution is -2.27. The summed E-state index contributed by atoms with van der Waals surface area (Å²) in [5.41, 5.74) is 6.95. The smallest absolute Gasteiger partial charge is 0.338 e. The molecule has 8 nitrogen and oxygen atoms in total. The van der Waals surface area contributed by atoms with Crippen LogP contribution < -0.4 is 10.6 Å². The molecule has 260 valence electrons. The van der Waals surface area contributed by atoms with E-state index in [1.165, 1.54) is 6.42 Å². The summed E-state index contributed by atoms with van der Waals surface area (Å²) in [5, 5.41) is 8.09. The van der Waals surface area contributed by atoms with Crippen molar-refractivity contribution in [1.82, 2.24) is 9.88 Å². The monoisotopic (exact) mass is 700 g/mol. The fourth-order valence-corrected chi connectivity index (χ4v) is 7.19. The highest BCUT2D eigenvalue weighted by Crippen LogP contribution is 2.35. The zero-order valence-corrected chi connectivity index (χ0v) is 29.5. The Labute approximate surface area is 303 Å². The molecular weight excluding hydrogens is 660 g/mol. The van der Waals surface area contributed by atoms with Crippen LogP contribution in [0.3, 0.4) is 0 Å². The summed E-state index contributed by atoms with van der Waals surface area (Å²) in [7, 11) is 0. The van der Waals surface area contributed by atoms with Crippen molar-refractivity contribution in [2.75, 3.05) is 30.3 Å². The maximum atomic E-state index is 13.7. The number of halogens is 1. The Morgan fingerprint density at radius 1 is 0.765 bits per heavy atom. The second-order valence-electron chi connectivity index (χ2n) is 13.3. The van der Waals surface area contributed by atoms with Crippen LogP contribution in [0, 0.1) is 0 Å². The first-order chi connectivity index (χ1) is 24.9. The lowest BCUT2D eigenvalue weighted by Gasteiger charge is -2.25. The number of nitrogens with one attached hydrogen (secondary N) is 2. The van der Waals surface area contributed by atoms with Crippen molar-refractivity contribution in [3.8, 4) is 22.4 Å². The predicted molar refractivity (Wildman–Crippen MR) is 204 cm³/mol. The van der Waals surface area contributed by atoms with E-state index >= 15 is 0 Å². The summed E-state index contributed by atoms with van der Waals surface area (Å²) < 4.78 is 5.23. The van der Waals surface area contributed by atoms with Gasteiger partial charge in [-0.3, -0.25) is 9.59 Å². The van der Waals surface area contributed by atoms with E-state index in [0.29, 0.717) is 39.0 Å². The van der Waals surface area contributed by atoms with Crippen molar-refractivity contribution in [3.05, 3.63) is 113 Å². The Kier molecular flexibility index (Phi) is 10.3. The minimum atomic E-state index is -0.435. The molecule has 2 N–H and O–H groups in total. The molecule has 2 heterocycles. The molecule has 9 heteroatoms. The van der Waals surface area contributed by atoms with E-state index in [2.05, 4.69) is 10.6 Å². The highest BCUT2D eigenvalue weighted by molar-refractivity contribution is 6.30. The van der Waals surface area contributed by atoms with Gasteiger partial charge in [0.2, 0.25) is 0 Å². The quantitative estimate of drug-likeness (QED) is 0.149. The molecule has 0 bridgehead atoms. The van der Waals surface area contributed by atoms with Crippen LogP contribution in [0.15, 0.2) is 91.0 Å². The number of pyridine rings is 1. The molecule has 5 aromatic rings. The van der Waals surface area contributed by atoms with Crippen LogP contribution in [-0.2, 0) is 4.74 Å². The fourth-order valence-electron chi connectivity index (χ4n) is 7.07. The number of anilines is 2. The van der Waals surface area contributed by atoms with Crippen LogP contribution in [0.25, 0.3) is 33.3 Å². The van der Waals surface area contributed by atoms with E-state index in [1.54, 1.807) is 25.1 Å². The van der Waals surface area contributed by atoms with Crippen molar-refractivity contribution in [1.29, 1.82) is 0 Å². The number of carbonyl (C=O) groups excluding carboxylic acids is 3. The van der Waals surface area contributed by atoms with E-state index in [4.69, 9.17) is 21.3 Å². The summed E-state index contributed by atoms with van der Waals surface area (Å²) in [5.74, 6) is -0.709. The number of carbonyl (C=O) groups is 3. The second kappa shape index (κ2) is 15.4. The molecule has 0 unspecified atom stereocenters. The Hall–Kier alpha value is -5.21. The molecule has 2 fully saturated rings. The molecule has 2 aliphatic rings. The zero-order chi connectivity index (χ0) is 35.3. The molecule has 51 heavy (non-hydrogen) atoms. The molecule has 4 aromatic carbocycles. The minimum Gasteiger partial charge on any atom is -0.462 e. The number of hydrogen-bond donors (Lipinski definition) is 2. The number of ether oxygens (including phenoxy) is 1. The average Bonchev–Trinajstić information content (AvgIpc) is 3.71. The van der Waals surface area contributed by atoms with Crippen LogP contribution in [0.5, 0.6) is 0 Å². The number of likely N-dealkylation sites (tertiary alicyclic amines) is 1. The number of rotatable bonds is 9. The van der Waals surface area contributed by atoms with E-state index < -0.39 is 5.97 Å². The minimum absolute atomic E-state index is 0.0257. The molecule has 0 spiro atoms. The molecule has 7 rings (SSSR count). The highest BCUT2D eigenvalue weighted by Gasteiger charge is 2.22. The van der Waals surface area contributed by atoms with Crippen LogP contribution in [0.2, 0.25) is 5.02 Å². The van der Waals surface area contributed by atoms with Gasteiger partial charge in [-0.1, -0.05) is 55.1 Å². The summed E-state index contributed by atoms with van der Waals surface area (Å²) in [6.45, 7) is 3.57. The van der Waals surface area contributed by atoms with Gasteiger partial charge in [-0.2, -0.15) is 0 Å². The van der Waals surface area contributed by atoms with Crippen molar-refractivity contribution in [3.63, 3.8) is 0 Å². The summed E-state index contributed by atoms with van der Waals surface area (Å²) in [4.78, 5) is 46.6. The Balaban J connectivity index is 1.19. The SMILES string of the molecule is CCOC(=O)c1ccc(NC2CCCCC2)c(NC(=O)c2ccc3nc(-c4cc(C(=O)N5CCCC5)ccc4-c4ccc(Cl)cc4)ccc3c2)c1. The van der Waals surface area contributed by atoms with Gasteiger partial charge in [0.05, 0.1) is 34.8 Å². The van der Waals surface area contributed by atoms with Crippen molar-refractivity contribution in [2.45, 2.75) is 57.9 Å². The lowest BCUT2D eigenvalue weighted by atomic mass is 9.94. The van der Waals surface area contributed by atoms with Gasteiger partial charge in [0, 0.05) is 46.2 Å². The van der Waals surface area contributed by atoms with E-state index in [1.807, 2.05) is 77.7 Å². The lowest BCUT2D eigenvalue weighted by molar-refractivity contribution is 0.0526. The second-order valence-corrected chi connectivity index (χ2v) is 13.7. The number of fused-ring (bicyclic) bond motifs is 1. The zero-order valence-electron chi connectivity index (χ0n) is 28.7. The number of aromatic nitrogens is 1. The largest absolute Gasteiger partial charge is 0.462 e. The van der Waals surface area contributed by atoms with Gasteiger partial charge >= 0.3 is 5.97 Å². The van der Waals surface area contributed by atoms with Crippen LogP contribution in [0.1, 0.15) is 82.9 Å². The molecule has 1 aliphatic carbocycles. The third-order valence-electron chi connectivity index (χ3n) is 9.79. The normalized spacial score (nSPS) is 14.7. The Bertz CT molecular complexity index is 2090. The van der Waals surface area contributed by atoms with Crippen molar-refractivity contribution >= 4 is 51.7 Å². The first kappa shape index (κ1) is 34.2. The van der Waals surface area contributed by atoms with Gasteiger partial charge in [-0.25, -0.2) is 9.78 Å². The van der Waals surface area contributed by atoms with E-state index in [0.717, 1.165) is 85.1 Å². The van der Waals surface area contributed by atoms with Gasteiger partial charge in [0.25, 0.3) is 11.8 Å². The number of nitrogens with zero attached hydrogens (tertiary/aromatic N) is 2. The number of esters is 1. The molecular formula is C42H41ClN4O4. The molecule has 1 saturated heterocycles. The first-order valence-electron chi connectivity index (χ1n) is 17.9. The van der Waals surface area contributed by atoms with Crippen LogP contribution in [0.4, 0.5) is 11.4 Å². The van der Waals surface area contributed by atoms with Crippen LogP contribution >= 0.6 is 11.6 Å². The standard InChI is InChI=1S/C42H41ClN4O4/c1-2-51-42(50)31-15-21-38(44-33-8-4-3-5-9-33)39(26-31)46-40(48)29-14-19-36-28(24-29)13-20-37(45-36)35-25-30(41(49)47-22-6-7-23-47)12-18-34(35)27-10-16-32(43)17-11-27/h10-21,24-26,33,44H,2-9,22-23H2,1H3,(H,46,48). The van der Waals surface area contributed by atoms with Crippen molar-refractivity contribution < 1.29 is 19.1 Å². The number of amides is 2. The summed E-state index contributed by atoms with van der Waals surface area (Å²) >= 11 is 6.21. The van der Waals surface area contributed by atoms with E-state index in [-0.39, 0.29) is 18.4 Å². The molecule has 0 radical (unpaired) electrons. The van der Waals surface area contributed by atoms with Gasteiger partial charge in [0.15, 0.2) is 0 Å². The topological polar surface area (TPSA) is 101 Å². The van der Waals surface area contributed by atoms with Gasteiger partial charge in [-0.15, -0.1) is 0 Å². The Morgan fingerprint density at radius 3 is 2.27 bits per heavy atom. The fraction of sp³-hybridized carbons (Fsp3) is 0.286. The third kappa shape index (κ3) is 7.76. The molecule has 1 aliphatic heterocycles. The van der Waals surface area contributed by atoms with Crippen molar-refractivity contribution in [2.24, 2.45) is 0 Å². The third-order valence-corrected chi connectivity index (χ3v) is 10.0. The maximum Gasteiger partial charge on any atom is 0.338 e. The molecule has 2 amide bonds. The molecule has 0 atom stereocenters. The summed E-state index contributed by atoms with van der Waals surface area (Å²) in [6.07, 6.45) is 7.73. The first-order valence-corrected chi connectivity index (χ1v) is 18.2. The summed E-state index contributed by atoms with van der Waals surface area (Å²) in [6, 6.07) is 28.3. The van der Waals surface area contributed by atoms with Gasteiger partial charge in [-0.05, 0) is 110 Å². The number of benzene rings is 4. The van der Waals surface area contributed by atoms with Gasteiger partial charge in [0.1, 0.15) is 0 Å². The van der Waals surface area contributed by atoms with Gasteiger partial charge < -0.3 is 20.3 Å². The number of hydrogen-bond acceptors (Lipinski definition) is 6. The average molecular weight is 701 g/mol. The maximum absolute atomic E-state index is 13.7. The molecule has 1 saturated carbocycles. The Morgan fingerprint density at radius 2 is 1.51 bits per heavy atom. The predicted octanol–water partition coefficient (Wildman–Crippen LogP) is 9.63. The highest BCUT2D eigenvalue weighted by atomic mass is 35.5.